The van der Waals surface area contributed by atoms with Crippen LogP contribution in [-0.4, -0.2) is 10.9 Å². The molecule has 4 heteroatoms. The summed E-state index contributed by atoms with van der Waals surface area (Å²) in [6.07, 6.45) is 19.6. The molecule has 230 valence electrons. The van der Waals surface area contributed by atoms with Crippen molar-refractivity contribution in [2.24, 2.45) is 23.7 Å². The molecule has 1 aromatic rings. The van der Waals surface area contributed by atoms with E-state index in [2.05, 4.69) is 79.7 Å². The molecule has 1 aliphatic heterocycles. The first-order valence-corrected chi connectivity index (χ1v) is 18.0. The zero-order valence-electron chi connectivity index (χ0n) is 27.5. The van der Waals surface area contributed by atoms with Gasteiger partial charge in [-0.1, -0.05) is 80.0 Å². The summed E-state index contributed by atoms with van der Waals surface area (Å²) in [4.78, 5) is 18.8. The standard InChI is InChI=1S/C38H54O2S2/c1-25(2)11-9-13-31-19-29(21-33(41-31)17-15-27(5)6)23-35-37(39)36(38(35)40)24-30-20-32(14-10-12-26(3)4)42-34(22-30)18-16-28(7)8/h19-28H,9-18H2,1-8H3/p+1. The first-order valence-electron chi connectivity index (χ1n) is 16.4. The first kappa shape index (κ1) is 34.6. The highest BCUT2D eigenvalue weighted by atomic mass is 32.2. The van der Waals surface area contributed by atoms with Gasteiger partial charge in [-0.2, -0.15) is 0 Å². The van der Waals surface area contributed by atoms with Gasteiger partial charge in [0.1, 0.15) is 5.76 Å². The van der Waals surface area contributed by atoms with Gasteiger partial charge in [0.05, 0.1) is 11.1 Å². The second kappa shape index (κ2) is 16.8. The molecule has 0 saturated heterocycles. The van der Waals surface area contributed by atoms with E-state index in [4.69, 9.17) is 0 Å². The van der Waals surface area contributed by atoms with Crippen molar-refractivity contribution < 1.29 is 9.90 Å². The fourth-order valence-electron chi connectivity index (χ4n) is 5.22. The van der Waals surface area contributed by atoms with E-state index >= 15 is 0 Å². The van der Waals surface area contributed by atoms with Gasteiger partial charge in [0.2, 0.25) is 26.9 Å². The normalized spacial score (nSPS) is 17.8. The van der Waals surface area contributed by atoms with Crippen LogP contribution in [0.1, 0.15) is 122 Å². The van der Waals surface area contributed by atoms with E-state index in [-0.39, 0.29) is 11.5 Å². The molecule has 0 radical (unpaired) electrons. The van der Waals surface area contributed by atoms with Gasteiger partial charge in [-0.3, -0.25) is 4.79 Å². The fraction of sp³-hybridized carbons (Fsp3) is 0.579. The van der Waals surface area contributed by atoms with Gasteiger partial charge in [0, 0.05) is 25.0 Å². The number of allylic oxidation sites excluding steroid dienone is 8. The monoisotopic (exact) mass is 607 g/mol. The topological polar surface area (TPSA) is 37.3 Å². The third kappa shape index (κ3) is 11.3. The molecule has 2 aliphatic rings. The number of hydrogen-bond donors (Lipinski definition) is 1. The number of aliphatic hydroxyl groups is 1. The van der Waals surface area contributed by atoms with Crippen molar-refractivity contribution in [2.75, 3.05) is 0 Å². The highest BCUT2D eigenvalue weighted by molar-refractivity contribution is 8.06. The Bertz CT molecular complexity index is 1240. The maximum absolute atomic E-state index is 13.3. The van der Waals surface area contributed by atoms with Crippen molar-refractivity contribution in [3.63, 3.8) is 0 Å². The Morgan fingerprint density at radius 1 is 0.714 bits per heavy atom. The summed E-state index contributed by atoms with van der Waals surface area (Å²) in [5.74, 6) is 2.80. The smallest absolute Gasteiger partial charge is 0.218 e. The Kier molecular flexibility index (Phi) is 13.8. The molecular weight excluding hydrogens is 553 g/mol. The minimum Gasteiger partial charge on any atom is -0.506 e. The van der Waals surface area contributed by atoms with Crippen molar-refractivity contribution in [2.45, 2.75) is 120 Å². The quantitative estimate of drug-likeness (QED) is 0.150. The van der Waals surface area contributed by atoms with Gasteiger partial charge < -0.3 is 5.11 Å². The lowest BCUT2D eigenvalue weighted by Gasteiger charge is -2.21. The molecule has 0 amide bonds. The number of rotatable bonds is 16. The van der Waals surface area contributed by atoms with Crippen LogP contribution in [0.2, 0.25) is 0 Å². The Labute approximate surface area is 265 Å². The summed E-state index contributed by atoms with van der Waals surface area (Å²) >= 11 is 3.82. The number of ketones is 1. The minimum atomic E-state index is -0.0530. The average molecular weight is 608 g/mol. The van der Waals surface area contributed by atoms with Crippen LogP contribution in [0.3, 0.4) is 0 Å². The highest BCUT2D eigenvalue weighted by Gasteiger charge is 2.32. The minimum absolute atomic E-state index is 0.0530. The largest absolute Gasteiger partial charge is 0.506 e. The molecular formula is C38H55O2S2+. The van der Waals surface area contributed by atoms with Crippen molar-refractivity contribution in [3.8, 4) is 0 Å². The van der Waals surface area contributed by atoms with Crippen LogP contribution < -0.4 is 0 Å². The van der Waals surface area contributed by atoms with E-state index in [0.717, 1.165) is 49.7 Å². The molecule has 0 saturated carbocycles. The molecule has 0 fully saturated rings. The number of aryl methyl sites for hydroxylation is 2. The lowest BCUT2D eigenvalue weighted by molar-refractivity contribution is -0.113. The van der Waals surface area contributed by atoms with Crippen LogP contribution in [0, 0.1) is 23.7 Å². The fourth-order valence-corrected chi connectivity index (χ4v) is 7.60. The van der Waals surface area contributed by atoms with Gasteiger partial charge >= 0.3 is 0 Å². The van der Waals surface area contributed by atoms with Gasteiger partial charge in [-0.05, 0) is 107 Å². The molecule has 42 heavy (non-hydrogen) atoms. The maximum atomic E-state index is 13.3. The summed E-state index contributed by atoms with van der Waals surface area (Å²) in [6.45, 7) is 18.2. The number of carbonyl (C=O) groups is 1. The van der Waals surface area contributed by atoms with Crippen LogP contribution in [-0.2, 0) is 17.6 Å². The Morgan fingerprint density at radius 3 is 1.81 bits per heavy atom. The number of hydrogen-bond acceptors (Lipinski definition) is 3. The molecule has 0 bridgehead atoms. The third-order valence-electron chi connectivity index (χ3n) is 7.80. The number of carbonyl (C=O) groups excluding carboxylic acids is 1. The van der Waals surface area contributed by atoms with E-state index in [1.54, 1.807) is 0 Å². The molecule has 0 unspecified atom stereocenters. The zero-order chi connectivity index (χ0) is 30.8. The Hall–Kier alpha value is -1.91. The molecule has 0 atom stereocenters. The predicted molar refractivity (Wildman–Crippen MR) is 187 cm³/mol. The van der Waals surface area contributed by atoms with Crippen molar-refractivity contribution in [3.05, 3.63) is 78.0 Å². The predicted octanol–water partition coefficient (Wildman–Crippen LogP) is 12.1. The highest BCUT2D eigenvalue weighted by Crippen LogP contribution is 2.40. The molecule has 1 aromatic heterocycles. The van der Waals surface area contributed by atoms with Crippen molar-refractivity contribution in [1.82, 2.24) is 0 Å². The molecule has 1 N–H and O–H groups in total. The molecule has 3 rings (SSSR count). The molecule has 2 nitrogen and oxygen atoms in total. The molecule has 0 spiro atoms. The Morgan fingerprint density at radius 2 is 1.24 bits per heavy atom. The lowest BCUT2D eigenvalue weighted by Crippen LogP contribution is -2.21. The number of thioether (sulfide) groups is 1. The van der Waals surface area contributed by atoms with Gasteiger partial charge in [-0.25, -0.2) is 0 Å². The molecule has 1 aliphatic carbocycles. The van der Waals surface area contributed by atoms with Gasteiger partial charge in [0.25, 0.3) is 0 Å². The summed E-state index contributed by atoms with van der Waals surface area (Å²) in [6, 6.07) is 4.44. The van der Waals surface area contributed by atoms with E-state index < -0.39 is 0 Å². The van der Waals surface area contributed by atoms with Crippen LogP contribution in [0.25, 0.3) is 6.08 Å². The maximum Gasteiger partial charge on any atom is 0.218 e. The van der Waals surface area contributed by atoms with Crippen molar-refractivity contribution in [1.29, 1.82) is 0 Å². The zero-order valence-corrected chi connectivity index (χ0v) is 29.1. The second-order valence-corrected chi connectivity index (χ2v) is 16.4. The van der Waals surface area contributed by atoms with E-state index in [1.165, 1.54) is 45.2 Å². The van der Waals surface area contributed by atoms with Crippen LogP contribution in [0.15, 0.2) is 62.6 Å². The van der Waals surface area contributed by atoms with Gasteiger partial charge in [0.15, 0.2) is 0 Å². The van der Waals surface area contributed by atoms with E-state index in [9.17, 15) is 9.90 Å². The first-order chi connectivity index (χ1) is 19.9. The SMILES string of the molecule is CC(C)CCCC1=CC(=CC2=C(O)C(=Cc3cc(CCCC(C)C)[s+]c(CCC(C)C)c3)C2=O)C=C(CCC(C)C)S1. The average Bonchev–Trinajstić information content (AvgIpc) is 2.92. The Balaban J connectivity index is 1.87. The van der Waals surface area contributed by atoms with E-state index in [1.807, 2.05) is 35.3 Å². The summed E-state index contributed by atoms with van der Waals surface area (Å²) in [5.41, 5.74) is 2.95. The van der Waals surface area contributed by atoms with Crippen LogP contribution >= 0.6 is 23.1 Å². The number of Topliss-reactive ketones (excluding diaryl/α,β-unsaturated/α-hetero) is 1. The van der Waals surface area contributed by atoms with Crippen LogP contribution in [0.4, 0.5) is 0 Å². The van der Waals surface area contributed by atoms with E-state index in [0.29, 0.717) is 34.8 Å². The summed E-state index contributed by atoms with van der Waals surface area (Å²) in [5, 5.41) is 11.1. The number of aliphatic hydroxyl groups excluding tert-OH is 1. The third-order valence-corrected chi connectivity index (χ3v) is 10.1. The summed E-state index contributed by atoms with van der Waals surface area (Å²) < 4.78 is 0. The second-order valence-electron chi connectivity index (χ2n) is 13.9. The molecule has 0 aromatic carbocycles. The van der Waals surface area contributed by atoms with Crippen molar-refractivity contribution >= 4 is 35.0 Å². The summed E-state index contributed by atoms with van der Waals surface area (Å²) in [7, 11) is 0. The molecule has 2 heterocycles. The van der Waals surface area contributed by atoms with Crippen LogP contribution in [0.5, 0.6) is 0 Å². The van der Waals surface area contributed by atoms with Gasteiger partial charge in [-0.15, -0.1) is 0 Å². The lowest BCUT2D eigenvalue weighted by atomic mass is 9.85.